The highest BCUT2D eigenvalue weighted by Gasteiger charge is 2.12. The molecule has 0 saturated heterocycles. The number of nitrogens with zero attached hydrogens (tertiary/aromatic N) is 2. The minimum Gasteiger partial charge on any atom is -0.348 e. The SMILES string of the molecule is Clc1cc(Br)cnc1N1CC=CC1. The van der Waals surface area contributed by atoms with Gasteiger partial charge in [-0.3, -0.25) is 0 Å². The summed E-state index contributed by atoms with van der Waals surface area (Å²) in [6, 6.07) is 1.86. The Kier molecular flexibility index (Phi) is 2.56. The highest BCUT2D eigenvalue weighted by atomic mass is 79.9. The van der Waals surface area contributed by atoms with Crippen LogP contribution in [-0.4, -0.2) is 18.1 Å². The van der Waals surface area contributed by atoms with Gasteiger partial charge in [0.25, 0.3) is 0 Å². The van der Waals surface area contributed by atoms with Crippen LogP contribution < -0.4 is 4.90 Å². The van der Waals surface area contributed by atoms with E-state index >= 15 is 0 Å². The number of rotatable bonds is 1. The third-order valence-electron chi connectivity index (χ3n) is 1.91. The van der Waals surface area contributed by atoms with Crippen LogP contribution in [0.3, 0.4) is 0 Å². The van der Waals surface area contributed by atoms with E-state index in [1.54, 1.807) is 6.20 Å². The summed E-state index contributed by atoms with van der Waals surface area (Å²) in [7, 11) is 0. The first-order valence-corrected chi connectivity index (χ1v) is 5.15. The van der Waals surface area contributed by atoms with Crippen molar-refractivity contribution >= 4 is 33.3 Å². The predicted octanol–water partition coefficient (Wildman–Crippen LogP) is 2.87. The fourth-order valence-electron chi connectivity index (χ4n) is 1.29. The largest absolute Gasteiger partial charge is 0.348 e. The van der Waals surface area contributed by atoms with Gasteiger partial charge in [-0.05, 0) is 22.0 Å². The molecule has 0 unspecified atom stereocenters. The summed E-state index contributed by atoms with van der Waals surface area (Å²) in [4.78, 5) is 6.39. The minimum atomic E-state index is 0.693. The molecular weight excluding hydrogens is 251 g/mol. The molecule has 0 saturated carbocycles. The van der Waals surface area contributed by atoms with Crippen LogP contribution in [0.2, 0.25) is 5.02 Å². The molecule has 0 amide bonds. The first kappa shape index (κ1) is 9.03. The van der Waals surface area contributed by atoms with Crippen LogP contribution in [0.5, 0.6) is 0 Å². The molecule has 2 nitrogen and oxygen atoms in total. The lowest BCUT2D eigenvalue weighted by Gasteiger charge is -2.17. The average Bonchev–Trinajstić information content (AvgIpc) is 2.56. The highest BCUT2D eigenvalue weighted by Crippen LogP contribution is 2.26. The molecule has 1 aliphatic heterocycles. The second-order valence-electron chi connectivity index (χ2n) is 2.84. The Balaban J connectivity index is 2.30. The molecule has 0 spiro atoms. The fourth-order valence-corrected chi connectivity index (χ4v) is 2.04. The van der Waals surface area contributed by atoms with Gasteiger partial charge in [-0.1, -0.05) is 23.8 Å². The number of aromatic nitrogens is 1. The zero-order valence-electron chi connectivity index (χ0n) is 6.87. The Labute approximate surface area is 90.3 Å². The molecule has 13 heavy (non-hydrogen) atoms. The van der Waals surface area contributed by atoms with Crippen LogP contribution in [0, 0.1) is 0 Å². The molecule has 4 heteroatoms. The average molecular weight is 260 g/mol. The van der Waals surface area contributed by atoms with Crippen molar-refractivity contribution in [2.75, 3.05) is 18.0 Å². The van der Waals surface area contributed by atoms with Gasteiger partial charge < -0.3 is 4.90 Å². The van der Waals surface area contributed by atoms with Gasteiger partial charge in [-0.15, -0.1) is 0 Å². The van der Waals surface area contributed by atoms with E-state index in [4.69, 9.17) is 11.6 Å². The van der Waals surface area contributed by atoms with Gasteiger partial charge in [0.2, 0.25) is 0 Å². The van der Waals surface area contributed by atoms with E-state index in [1.807, 2.05) is 6.07 Å². The molecule has 0 bridgehead atoms. The summed E-state index contributed by atoms with van der Waals surface area (Å²) in [5.74, 6) is 0.856. The Hall–Kier alpha value is -0.540. The van der Waals surface area contributed by atoms with Crippen molar-refractivity contribution < 1.29 is 0 Å². The maximum atomic E-state index is 6.05. The van der Waals surface area contributed by atoms with Gasteiger partial charge in [0, 0.05) is 23.8 Å². The maximum absolute atomic E-state index is 6.05. The van der Waals surface area contributed by atoms with Gasteiger partial charge in [-0.25, -0.2) is 4.98 Å². The molecule has 0 aromatic carbocycles. The predicted molar refractivity (Wildman–Crippen MR) is 58.3 cm³/mol. The van der Waals surface area contributed by atoms with Crippen LogP contribution in [0.4, 0.5) is 5.82 Å². The number of anilines is 1. The van der Waals surface area contributed by atoms with Crippen molar-refractivity contribution in [3.63, 3.8) is 0 Å². The number of halogens is 2. The molecule has 2 rings (SSSR count). The maximum Gasteiger partial charge on any atom is 0.147 e. The van der Waals surface area contributed by atoms with E-state index in [0.29, 0.717) is 5.02 Å². The first-order valence-electron chi connectivity index (χ1n) is 3.98. The van der Waals surface area contributed by atoms with Gasteiger partial charge >= 0.3 is 0 Å². The molecule has 1 aliphatic rings. The van der Waals surface area contributed by atoms with Crippen LogP contribution in [0.15, 0.2) is 28.9 Å². The fraction of sp³-hybridized carbons (Fsp3) is 0.222. The second kappa shape index (κ2) is 3.68. The summed E-state index contributed by atoms with van der Waals surface area (Å²) in [6.45, 7) is 1.79. The van der Waals surface area contributed by atoms with Crippen molar-refractivity contribution in [1.82, 2.24) is 4.98 Å². The molecule has 0 aliphatic carbocycles. The normalized spacial score (nSPS) is 15.4. The Morgan fingerprint density at radius 1 is 1.38 bits per heavy atom. The number of hydrogen-bond donors (Lipinski definition) is 0. The third-order valence-corrected chi connectivity index (χ3v) is 2.62. The summed E-state index contributed by atoms with van der Waals surface area (Å²) in [5.41, 5.74) is 0. The quantitative estimate of drug-likeness (QED) is 0.721. The Morgan fingerprint density at radius 2 is 2.08 bits per heavy atom. The van der Waals surface area contributed by atoms with Crippen molar-refractivity contribution in [2.24, 2.45) is 0 Å². The standard InChI is InChI=1S/C9H8BrClN2/c10-7-5-8(11)9(12-6-7)13-3-1-2-4-13/h1-2,5-6H,3-4H2. The van der Waals surface area contributed by atoms with Gasteiger partial charge in [0.15, 0.2) is 0 Å². The van der Waals surface area contributed by atoms with Crippen LogP contribution in [-0.2, 0) is 0 Å². The molecule has 2 heterocycles. The molecule has 0 N–H and O–H groups in total. The molecule has 1 aromatic heterocycles. The summed E-state index contributed by atoms with van der Waals surface area (Å²) in [5, 5.41) is 0.693. The molecule has 0 radical (unpaired) electrons. The monoisotopic (exact) mass is 258 g/mol. The molecular formula is C9H8BrClN2. The summed E-state index contributed by atoms with van der Waals surface area (Å²) < 4.78 is 0.911. The van der Waals surface area contributed by atoms with Crippen molar-refractivity contribution in [2.45, 2.75) is 0 Å². The third kappa shape index (κ3) is 1.86. The number of hydrogen-bond acceptors (Lipinski definition) is 2. The lowest BCUT2D eigenvalue weighted by Crippen LogP contribution is -2.20. The minimum absolute atomic E-state index is 0.693. The number of pyridine rings is 1. The van der Waals surface area contributed by atoms with Crippen molar-refractivity contribution in [3.05, 3.63) is 33.9 Å². The van der Waals surface area contributed by atoms with Crippen molar-refractivity contribution in [3.8, 4) is 0 Å². The molecule has 0 atom stereocenters. The van der Waals surface area contributed by atoms with Crippen molar-refractivity contribution in [1.29, 1.82) is 0 Å². The van der Waals surface area contributed by atoms with E-state index in [2.05, 4.69) is 38.0 Å². The van der Waals surface area contributed by atoms with E-state index < -0.39 is 0 Å². The van der Waals surface area contributed by atoms with E-state index in [1.165, 1.54) is 0 Å². The second-order valence-corrected chi connectivity index (χ2v) is 4.16. The smallest absolute Gasteiger partial charge is 0.147 e. The Bertz CT molecular complexity index is 343. The van der Waals surface area contributed by atoms with Gasteiger partial charge in [0.1, 0.15) is 5.82 Å². The Morgan fingerprint density at radius 3 is 2.69 bits per heavy atom. The zero-order chi connectivity index (χ0) is 9.26. The van der Waals surface area contributed by atoms with E-state index in [0.717, 1.165) is 23.4 Å². The molecule has 68 valence electrons. The zero-order valence-corrected chi connectivity index (χ0v) is 9.22. The lowest BCUT2D eigenvalue weighted by atomic mass is 10.4. The van der Waals surface area contributed by atoms with Gasteiger partial charge in [0.05, 0.1) is 5.02 Å². The topological polar surface area (TPSA) is 16.1 Å². The van der Waals surface area contributed by atoms with Crippen LogP contribution in [0.1, 0.15) is 0 Å². The van der Waals surface area contributed by atoms with Crippen LogP contribution >= 0.6 is 27.5 Å². The summed E-state index contributed by atoms with van der Waals surface area (Å²) >= 11 is 9.37. The summed E-state index contributed by atoms with van der Waals surface area (Å²) in [6.07, 6.45) is 5.99. The lowest BCUT2D eigenvalue weighted by molar-refractivity contribution is 0.968. The van der Waals surface area contributed by atoms with E-state index in [9.17, 15) is 0 Å². The van der Waals surface area contributed by atoms with E-state index in [-0.39, 0.29) is 0 Å². The van der Waals surface area contributed by atoms with Gasteiger partial charge in [-0.2, -0.15) is 0 Å². The van der Waals surface area contributed by atoms with Crippen LogP contribution in [0.25, 0.3) is 0 Å². The molecule has 0 fully saturated rings. The molecule has 1 aromatic rings. The highest BCUT2D eigenvalue weighted by molar-refractivity contribution is 9.10. The first-order chi connectivity index (χ1) is 6.27.